The van der Waals surface area contributed by atoms with Crippen molar-refractivity contribution in [1.29, 1.82) is 0 Å². The van der Waals surface area contributed by atoms with Gasteiger partial charge in [0, 0.05) is 25.7 Å². The molecule has 3 rings (SSSR count). The number of aromatic nitrogens is 3. The van der Waals surface area contributed by atoms with Crippen molar-refractivity contribution in [2.24, 2.45) is 7.05 Å². The molecule has 172 valence electrons. The molecule has 0 aliphatic rings. The number of carbonyl (C=O) groups is 1. The normalized spacial score (nSPS) is 12.8. The summed E-state index contributed by atoms with van der Waals surface area (Å²) in [5, 5.41) is 17.8. The van der Waals surface area contributed by atoms with E-state index in [4.69, 9.17) is 4.74 Å². The van der Waals surface area contributed by atoms with E-state index in [1.54, 1.807) is 11.7 Å². The standard InChI is InChI=1S/C22H25F3N4O3/c1-12-14(13(2)27-20-19(12)21(32-4)28-29(20)3)9-10-18(31)26-11-17(30)15-7-5-6-8-16(15)22(23,24)25/h5-8,17,30H,9-11H2,1-4H3,(H,26,31). The molecule has 1 aromatic carbocycles. The van der Waals surface area contributed by atoms with Crippen LogP contribution in [0, 0.1) is 13.8 Å². The quantitative estimate of drug-likeness (QED) is 0.576. The summed E-state index contributed by atoms with van der Waals surface area (Å²) in [6, 6.07) is 4.78. The second-order valence-corrected chi connectivity index (χ2v) is 7.54. The lowest BCUT2D eigenvalue weighted by molar-refractivity contribution is -0.139. The lowest BCUT2D eigenvalue weighted by Crippen LogP contribution is -2.29. The molecule has 0 saturated carbocycles. The Kier molecular flexibility index (Phi) is 6.73. The zero-order valence-corrected chi connectivity index (χ0v) is 18.2. The number of amides is 1. The Balaban J connectivity index is 1.68. The monoisotopic (exact) mass is 450 g/mol. The van der Waals surface area contributed by atoms with Gasteiger partial charge in [0.2, 0.25) is 11.8 Å². The maximum atomic E-state index is 13.1. The summed E-state index contributed by atoms with van der Waals surface area (Å²) in [6.07, 6.45) is -5.60. The van der Waals surface area contributed by atoms with Gasteiger partial charge in [-0.15, -0.1) is 5.10 Å². The van der Waals surface area contributed by atoms with E-state index >= 15 is 0 Å². The molecule has 0 spiro atoms. The van der Waals surface area contributed by atoms with Gasteiger partial charge in [-0.25, -0.2) is 9.67 Å². The molecule has 1 atom stereocenters. The molecule has 10 heteroatoms. The number of fused-ring (bicyclic) bond motifs is 1. The van der Waals surface area contributed by atoms with Gasteiger partial charge in [-0.1, -0.05) is 18.2 Å². The molecular formula is C22H25F3N4O3. The third-order valence-corrected chi connectivity index (χ3v) is 5.44. The number of aryl methyl sites for hydroxylation is 3. The van der Waals surface area contributed by atoms with Gasteiger partial charge >= 0.3 is 6.18 Å². The van der Waals surface area contributed by atoms with E-state index in [1.807, 2.05) is 13.8 Å². The number of alkyl halides is 3. The molecule has 1 amide bonds. The number of nitrogens with one attached hydrogen (secondary N) is 1. The van der Waals surface area contributed by atoms with E-state index < -0.39 is 17.8 Å². The Bertz CT molecular complexity index is 1140. The number of benzene rings is 1. The lowest BCUT2D eigenvalue weighted by atomic mass is 9.99. The second kappa shape index (κ2) is 9.15. The maximum absolute atomic E-state index is 13.1. The molecule has 0 aliphatic heterocycles. The summed E-state index contributed by atoms with van der Waals surface area (Å²) in [5.41, 5.74) is 2.03. The van der Waals surface area contributed by atoms with Gasteiger partial charge in [0.05, 0.1) is 24.2 Å². The number of methoxy groups -OCH3 is 1. The summed E-state index contributed by atoms with van der Waals surface area (Å²) >= 11 is 0. The molecular weight excluding hydrogens is 425 g/mol. The average Bonchev–Trinajstić information content (AvgIpc) is 3.06. The number of aliphatic hydroxyl groups is 1. The summed E-state index contributed by atoms with van der Waals surface area (Å²) < 4.78 is 46.4. The molecule has 0 radical (unpaired) electrons. The molecule has 0 fully saturated rings. The predicted octanol–water partition coefficient (Wildman–Crippen LogP) is 3.39. The van der Waals surface area contributed by atoms with Crippen molar-refractivity contribution in [2.75, 3.05) is 13.7 Å². The van der Waals surface area contributed by atoms with Crippen LogP contribution in [0.25, 0.3) is 11.0 Å². The minimum absolute atomic E-state index is 0.0884. The van der Waals surface area contributed by atoms with Crippen LogP contribution in [0.4, 0.5) is 13.2 Å². The van der Waals surface area contributed by atoms with Gasteiger partial charge in [-0.05, 0) is 43.0 Å². The van der Waals surface area contributed by atoms with E-state index in [0.29, 0.717) is 17.9 Å². The Hall–Kier alpha value is -3.14. The Labute approximate surface area is 183 Å². The van der Waals surface area contributed by atoms with E-state index in [0.717, 1.165) is 28.3 Å². The fourth-order valence-electron chi connectivity index (χ4n) is 3.80. The van der Waals surface area contributed by atoms with Crippen LogP contribution in [0.1, 0.15) is 40.5 Å². The van der Waals surface area contributed by atoms with Gasteiger partial charge in [-0.3, -0.25) is 4.79 Å². The minimum Gasteiger partial charge on any atom is -0.479 e. The number of carbonyl (C=O) groups excluding carboxylic acids is 1. The molecule has 0 aliphatic carbocycles. The number of nitrogens with zero attached hydrogens (tertiary/aromatic N) is 3. The number of aliphatic hydroxyl groups excluding tert-OH is 1. The Morgan fingerprint density at radius 2 is 1.97 bits per heavy atom. The first-order valence-corrected chi connectivity index (χ1v) is 10.0. The molecule has 2 aromatic heterocycles. The fraction of sp³-hybridized carbons (Fsp3) is 0.409. The van der Waals surface area contributed by atoms with E-state index in [1.165, 1.54) is 25.3 Å². The summed E-state index contributed by atoms with van der Waals surface area (Å²) in [7, 11) is 3.29. The molecule has 2 N–H and O–H groups in total. The number of rotatable bonds is 7. The van der Waals surface area contributed by atoms with Gasteiger partial charge in [0.15, 0.2) is 5.65 Å². The number of halogens is 3. The Morgan fingerprint density at radius 1 is 1.28 bits per heavy atom. The number of pyridine rings is 1. The van der Waals surface area contributed by atoms with Crippen LogP contribution in [0.3, 0.4) is 0 Å². The van der Waals surface area contributed by atoms with E-state index in [-0.39, 0.29) is 24.4 Å². The highest BCUT2D eigenvalue weighted by atomic mass is 19.4. The zero-order chi connectivity index (χ0) is 23.6. The molecule has 0 bridgehead atoms. The summed E-state index contributed by atoms with van der Waals surface area (Å²) in [4.78, 5) is 16.9. The van der Waals surface area contributed by atoms with Gasteiger partial charge in [0.1, 0.15) is 0 Å². The fourth-order valence-corrected chi connectivity index (χ4v) is 3.80. The molecule has 32 heavy (non-hydrogen) atoms. The van der Waals surface area contributed by atoms with Crippen LogP contribution < -0.4 is 10.1 Å². The molecule has 1 unspecified atom stereocenters. The molecule has 0 saturated heterocycles. The van der Waals surface area contributed by atoms with Crippen LogP contribution in [0.2, 0.25) is 0 Å². The van der Waals surface area contributed by atoms with Crippen molar-refractivity contribution < 1.29 is 27.8 Å². The number of ether oxygens (including phenoxy) is 1. The van der Waals surface area contributed by atoms with Crippen LogP contribution >= 0.6 is 0 Å². The highest BCUT2D eigenvalue weighted by molar-refractivity contribution is 5.86. The van der Waals surface area contributed by atoms with Crippen molar-refractivity contribution in [3.63, 3.8) is 0 Å². The lowest BCUT2D eigenvalue weighted by Gasteiger charge is -2.18. The third kappa shape index (κ3) is 4.69. The number of hydrogen-bond acceptors (Lipinski definition) is 5. The van der Waals surface area contributed by atoms with E-state index in [9.17, 15) is 23.1 Å². The maximum Gasteiger partial charge on any atom is 0.416 e. The largest absolute Gasteiger partial charge is 0.479 e. The van der Waals surface area contributed by atoms with Crippen molar-refractivity contribution >= 4 is 16.9 Å². The average molecular weight is 450 g/mol. The summed E-state index contributed by atoms with van der Waals surface area (Å²) in [6.45, 7) is 3.43. The van der Waals surface area contributed by atoms with Crippen molar-refractivity contribution in [1.82, 2.24) is 20.1 Å². The predicted molar refractivity (Wildman–Crippen MR) is 112 cm³/mol. The first kappa shape index (κ1) is 23.5. The highest BCUT2D eigenvalue weighted by Gasteiger charge is 2.34. The van der Waals surface area contributed by atoms with E-state index in [2.05, 4.69) is 15.4 Å². The molecule has 3 aromatic rings. The SMILES string of the molecule is COc1nn(C)c2nc(C)c(CCC(=O)NCC(O)c3ccccc3C(F)(F)F)c(C)c12. The van der Waals surface area contributed by atoms with Crippen molar-refractivity contribution in [3.05, 3.63) is 52.2 Å². The van der Waals surface area contributed by atoms with Gasteiger partial charge < -0.3 is 15.2 Å². The molecule has 7 nitrogen and oxygen atoms in total. The zero-order valence-electron chi connectivity index (χ0n) is 18.2. The first-order chi connectivity index (χ1) is 15.0. The summed E-state index contributed by atoms with van der Waals surface area (Å²) in [5.74, 6) is 0.0650. The second-order valence-electron chi connectivity index (χ2n) is 7.54. The van der Waals surface area contributed by atoms with Gasteiger partial charge in [0.25, 0.3) is 0 Å². The highest BCUT2D eigenvalue weighted by Crippen LogP contribution is 2.34. The van der Waals surface area contributed by atoms with Crippen LogP contribution in [-0.4, -0.2) is 39.4 Å². The third-order valence-electron chi connectivity index (χ3n) is 5.44. The Morgan fingerprint density at radius 3 is 2.62 bits per heavy atom. The minimum atomic E-state index is -4.59. The van der Waals surface area contributed by atoms with Crippen LogP contribution in [-0.2, 0) is 24.4 Å². The van der Waals surface area contributed by atoms with Gasteiger partial charge in [-0.2, -0.15) is 13.2 Å². The van der Waals surface area contributed by atoms with Crippen molar-refractivity contribution in [2.45, 2.75) is 39.0 Å². The van der Waals surface area contributed by atoms with Crippen LogP contribution in [0.5, 0.6) is 5.88 Å². The topological polar surface area (TPSA) is 89.3 Å². The molecule has 2 heterocycles. The first-order valence-electron chi connectivity index (χ1n) is 10.0. The van der Waals surface area contributed by atoms with Crippen molar-refractivity contribution in [3.8, 4) is 5.88 Å². The smallest absolute Gasteiger partial charge is 0.416 e. The number of hydrogen-bond donors (Lipinski definition) is 2. The van der Waals surface area contributed by atoms with Crippen LogP contribution in [0.15, 0.2) is 24.3 Å².